The van der Waals surface area contributed by atoms with Crippen LogP contribution < -0.4 is 0 Å². The van der Waals surface area contributed by atoms with Gasteiger partial charge in [0.25, 0.3) is 5.89 Å². The number of aromatic hydroxyl groups is 2. The molecule has 0 atom stereocenters. The average Bonchev–Trinajstić information content (AvgIpc) is 2.91. The average molecular weight is 283 g/mol. The van der Waals surface area contributed by atoms with E-state index < -0.39 is 0 Å². The topological polar surface area (TPSA) is 92.3 Å². The Morgan fingerprint density at radius 2 is 1.86 bits per heavy atom. The lowest BCUT2D eigenvalue weighted by Crippen LogP contribution is -1.91. The summed E-state index contributed by atoms with van der Waals surface area (Å²) < 4.78 is 5.19. The Labute approximate surface area is 120 Å². The summed E-state index contributed by atoms with van der Waals surface area (Å²) in [6.07, 6.45) is 1.74. The molecule has 0 amide bonds. The minimum absolute atomic E-state index is 0.200. The van der Waals surface area contributed by atoms with Gasteiger partial charge in [0.2, 0.25) is 5.82 Å². The van der Waals surface area contributed by atoms with Crippen molar-refractivity contribution in [3.63, 3.8) is 0 Å². The molecule has 0 spiro atoms. The monoisotopic (exact) mass is 283 g/mol. The highest BCUT2D eigenvalue weighted by atomic mass is 16.5. The van der Waals surface area contributed by atoms with Crippen molar-refractivity contribution in [2.45, 2.75) is 13.8 Å². The van der Waals surface area contributed by atoms with Crippen molar-refractivity contribution in [1.82, 2.24) is 15.1 Å². The van der Waals surface area contributed by atoms with E-state index in [1.54, 1.807) is 12.3 Å². The fourth-order valence-electron chi connectivity index (χ4n) is 2.04. The van der Waals surface area contributed by atoms with Gasteiger partial charge in [-0.25, -0.2) is 0 Å². The molecule has 0 fully saturated rings. The number of pyridine rings is 1. The van der Waals surface area contributed by atoms with Gasteiger partial charge < -0.3 is 14.7 Å². The minimum atomic E-state index is -0.239. The van der Waals surface area contributed by atoms with E-state index in [2.05, 4.69) is 15.1 Å². The minimum Gasteiger partial charge on any atom is -0.504 e. The molecule has 0 bridgehead atoms. The zero-order valence-corrected chi connectivity index (χ0v) is 11.5. The summed E-state index contributed by atoms with van der Waals surface area (Å²) in [4.78, 5) is 8.59. The Morgan fingerprint density at radius 3 is 2.57 bits per heavy atom. The van der Waals surface area contributed by atoms with Crippen LogP contribution in [0, 0.1) is 13.8 Å². The number of benzene rings is 1. The van der Waals surface area contributed by atoms with Crippen LogP contribution in [0.25, 0.3) is 23.0 Å². The van der Waals surface area contributed by atoms with Crippen molar-refractivity contribution in [2.75, 3.05) is 0 Å². The van der Waals surface area contributed by atoms with E-state index in [9.17, 15) is 10.2 Å². The van der Waals surface area contributed by atoms with Crippen molar-refractivity contribution in [3.8, 4) is 34.5 Å². The molecule has 0 aliphatic heterocycles. The largest absolute Gasteiger partial charge is 0.504 e. The van der Waals surface area contributed by atoms with Crippen molar-refractivity contribution in [2.24, 2.45) is 0 Å². The van der Waals surface area contributed by atoms with Gasteiger partial charge in [-0.05, 0) is 43.2 Å². The van der Waals surface area contributed by atoms with Gasteiger partial charge in [-0.1, -0.05) is 11.2 Å². The second kappa shape index (κ2) is 4.90. The van der Waals surface area contributed by atoms with Crippen LogP contribution in [0.15, 0.2) is 35.0 Å². The van der Waals surface area contributed by atoms with Crippen LogP contribution >= 0.6 is 0 Å². The molecule has 2 aromatic heterocycles. The highest BCUT2D eigenvalue weighted by Gasteiger charge is 2.14. The number of hydrogen-bond donors (Lipinski definition) is 2. The van der Waals surface area contributed by atoms with E-state index >= 15 is 0 Å². The Kier molecular flexibility index (Phi) is 3.06. The zero-order chi connectivity index (χ0) is 15.0. The van der Waals surface area contributed by atoms with Gasteiger partial charge in [-0.15, -0.1) is 0 Å². The predicted molar refractivity (Wildman–Crippen MR) is 75.8 cm³/mol. The van der Waals surface area contributed by atoms with Crippen molar-refractivity contribution >= 4 is 0 Å². The number of aryl methyl sites for hydroxylation is 2. The first-order valence-electron chi connectivity index (χ1n) is 6.34. The lowest BCUT2D eigenvalue weighted by Gasteiger charge is -2.00. The van der Waals surface area contributed by atoms with Crippen LogP contribution in [-0.4, -0.2) is 25.3 Å². The molecule has 3 aromatic rings. The summed E-state index contributed by atoms with van der Waals surface area (Å²) in [6, 6.07) is 6.30. The summed E-state index contributed by atoms with van der Waals surface area (Å²) in [6.45, 7) is 3.89. The van der Waals surface area contributed by atoms with E-state index in [1.165, 1.54) is 12.1 Å². The molecule has 1 aromatic carbocycles. The maximum Gasteiger partial charge on any atom is 0.258 e. The molecule has 2 heterocycles. The number of phenols is 2. The number of phenolic OH excluding ortho intramolecular Hbond substituents is 2. The normalized spacial score (nSPS) is 10.8. The van der Waals surface area contributed by atoms with Gasteiger partial charge in [0.05, 0.1) is 0 Å². The van der Waals surface area contributed by atoms with Crippen molar-refractivity contribution in [3.05, 3.63) is 41.6 Å². The summed E-state index contributed by atoms with van der Waals surface area (Å²) in [5.41, 5.74) is 3.19. The third kappa shape index (κ3) is 2.43. The van der Waals surface area contributed by atoms with Gasteiger partial charge in [-0.2, -0.15) is 4.98 Å². The van der Waals surface area contributed by atoms with Gasteiger partial charge in [0, 0.05) is 11.8 Å². The molecule has 0 unspecified atom stereocenters. The van der Waals surface area contributed by atoms with Crippen molar-refractivity contribution in [1.29, 1.82) is 0 Å². The molecule has 2 N–H and O–H groups in total. The van der Waals surface area contributed by atoms with Crippen LogP contribution in [-0.2, 0) is 0 Å². The number of rotatable bonds is 2. The second-order valence-electron chi connectivity index (χ2n) is 4.80. The van der Waals surface area contributed by atoms with Crippen molar-refractivity contribution < 1.29 is 14.7 Å². The molecule has 6 heteroatoms. The summed E-state index contributed by atoms with van der Waals surface area (Å²) >= 11 is 0. The first kappa shape index (κ1) is 13.1. The number of aromatic nitrogens is 3. The molecule has 3 rings (SSSR count). The predicted octanol–water partition coefficient (Wildman–Crippen LogP) is 2.83. The summed E-state index contributed by atoms with van der Waals surface area (Å²) in [5.74, 6) is 0.198. The quantitative estimate of drug-likeness (QED) is 0.702. The van der Waals surface area contributed by atoms with Gasteiger partial charge in [0.15, 0.2) is 11.5 Å². The van der Waals surface area contributed by atoms with Crippen LogP contribution in [0.1, 0.15) is 11.1 Å². The molecular formula is C15H13N3O3. The molecule has 0 saturated heterocycles. The Bertz CT molecular complexity index is 812. The maximum atomic E-state index is 9.51. The van der Waals surface area contributed by atoms with Gasteiger partial charge >= 0.3 is 0 Å². The van der Waals surface area contributed by atoms with Crippen LogP contribution in [0.4, 0.5) is 0 Å². The van der Waals surface area contributed by atoms with Crippen LogP contribution in [0.5, 0.6) is 11.5 Å². The summed E-state index contributed by atoms with van der Waals surface area (Å²) in [5, 5.41) is 22.7. The molecule has 0 aliphatic carbocycles. The SMILES string of the molecule is Cc1cnc(-c2noc(-c3ccc(O)c(O)c3)n2)c(C)c1. The highest BCUT2D eigenvalue weighted by Crippen LogP contribution is 2.30. The third-order valence-corrected chi connectivity index (χ3v) is 3.08. The summed E-state index contributed by atoms with van der Waals surface area (Å²) in [7, 11) is 0. The van der Waals surface area contributed by atoms with Gasteiger partial charge in [0.1, 0.15) is 5.69 Å². The van der Waals surface area contributed by atoms with Crippen LogP contribution in [0.3, 0.4) is 0 Å². The van der Waals surface area contributed by atoms with E-state index in [0.717, 1.165) is 11.1 Å². The number of hydrogen-bond acceptors (Lipinski definition) is 6. The van der Waals surface area contributed by atoms with E-state index in [0.29, 0.717) is 17.1 Å². The third-order valence-electron chi connectivity index (χ3n) is 3.08. The fourth-order valence-corrected chi connectivity index (χ4v) is 2.04. The Morgan fingerprint density at radius 1 is 1.05 bits per heavy atom. The van der Waals surface area contributed by atoms with E-state index in [1.807, 2.05) is 19.9 Å². The second-order valence-corrected chi connectivity index (χ2v) is 4.80. The molecule has 0 saturated carbocycles. The smallest absolute Gasteiger partial charge is 0.258 e. The number of nitrogens with zero attached hydrogens (tertiary/aromatic N) is 3. The first-order valence-corrected chi connectivity index (χ1v) is 6.34. The highest BCUT2D eigenvalue weighted by molar-refractivity contribution is 5.62. The molecule has 0 radical (unpaired) electrons. The Balaban J connectivity index is 2.01. The molecule has 106 valence electrons. The standard InChI is InChI=1S/C15H13N3O3/c1-8-5-9(2)13(16-7-8)14-17-15(21-18-14)10-3-4-11(19)12(20)6-10/h3-7,19-20H,1-2H3. The fraction of sp³-hybridized carbons (Fsp3) is 0.133. The molecule has 6 nitrogen and oxygen atoms in total. The van der Waals surface area contributed by atoms with Gasteiger partial charge in [-0.3, -0.25) is 4.98 Å². The van der Waals surface area contributed by atoms with E-state index in [4.69, 9.17) is 4.52 Å². The maximum absolute atomic E-state index is 9.51. The lowest BCUT2D eigenvalue weighted by atomic mass is 10.1. The lowest BCUT2D eigenvalue weighted by molar-refractivity contribution is 0.402. The zero-order valence-electron chi connectivity index (χ0n) is 11.5. The van der Waals surface area contributed by atoms with Crippen LogP contribution in [0.2, 0.25) is 0 Å². The molecule has 21 heavy (non-hydrogen) atoms. The Hall–Kier alpha value is -2.89. The first-order chi connectivity index (χ1) is 10.0. The van der Waals surface area contributed by atoms with E-state index in [-0.39, 0.29) is 17.4 Å². The molecule has 0 aliphatic rings. The molecular weight excluding hydrogens is 270 g/mol.